The minimum atomic E-state index is 0.0533. The zero-order valence-electron chi connectivity index (χ0n) is 9.81. The number of rotatable bonds is 7. The molecule has 0 fully saturated rings. The van der Waals surface area contributed by atoms with Gasteiger partial charge in [0.1, 0.15) is 0 Å². The van der Waals surface area contributed by atoms with Crippen LogP contribution in [-0.2, 0) is 4.74 Å². The van der Waals surface area contributed by atoms with Gasteiger partial charge in [-0.2, -0.15) is 0 Å². The highest BCUT2D eigenvalue weighted by molar-refractivity contribution is 8.00. The topological polar surface area (TPSA) is 26.3 Å². The molecule has 1 aromatic rings. The number of carbonyl (C=O) groups is 1. The Labute approximate surface area is 101 Å². The van der Waals surface area contributed by atoms with E-state index < -0.39 is 0 Å². The molecule has 1 aromatic carbocycles. The summed E-state index contributed by atoms with van der Waals surface area (Å²) in [6.07, 6.45) is 0.863. The lowest BCUT2D eigenvalue weighted by molar-refractivity contribution is 0.0988. The van der Waals surface area contributed by atoms with Crippen molar-refractivity contribution < 1.29 is 9.53 Å². The largest absolute Gasteiger partial charge is 0.384 e. The van der Waals surface area contributed by atoms with Crippen LogP contribution in [0.25, 0.3) is 0 Å². The van der Waals surface area contributed by atoms with Crippen LogP contribution in [0.3, 0.4) is 0 Å². The Morgan fingerprint density at radius 3 is 2.62 bits per heavy atom. The Balaban J connectivity index is 2.56. The summed E-state index contributed by atoms with van der Waals surface area (Å²) >= 11 is 1.67. The summed E-state index contributed by atoms with van der Waals surface area (Å²) in [6, 6.07) is 9.49. The van der Waals surface area contributed by atoms with Crippen LogP contribution in [0, 0.1) is 0 Å². The number of hydrogen-bond acceptors (Lipinski definition) is 3. The molecule has 0 aliphatic heterocycles. The second-order valence-electron chi connectivity index (χ2n) is 3.49. The van der Waals surface area contributed by atoms with Crippen molar-refractivity contribution in [2.45, 2.75) is 18.6 Å². The Morgan fingerprint density at radius 1 is 1.38 bits per heavy atom. The summed E-state index contributed by atoms with van der Waals surface area (Å²) in [6.45, 7) is 2.74. The molecular weight excluding hydrogens is 220 g/mol. The molecule has 16 heavy (non-hydrogen) atoms. The van der Waals surface area contributed by atoms with E-state index in [1.807, 2.05) is 37.3 Å². The van der Waals surface area contributed by atoms with Gasteiger partial charge in [-0.25, -0.2) is 0 Å². The first kappa shape index (κ1) is 13.3. The van der Waals surface area contributed by atoms with Crippen LogP contribution < -0.4 is 0 Å². The van der Waals surface area contributed by atoms with Gasteiger partial charge in [0.15, 0.2) is 5.78 Å². The number of carbonyl (C=O) groups excluding carboxylic acids is 1. The maximum atomic E-state index is 12.1. The number of ether oxygens (including phenoxy) is 1. The smallest absolute Gasteiger partial charge is 0.175 e. The lowest BCUT2D eigenvalue weighted by Gasteiger charge is -2.12. The molecule has 0 saturated carbocycles. The monoisotopic (exact) mass is 238 g/mol. The van der Waals surface area contributed by atoms with Crippen LogP contribution in [0.1, 0.15) is 23.7 Å². The van der Waals surface area contributed by atoms with Crippen molar-refractivity contribution in [3.63, 3.8) is 0 Å². The molecule has 88 valence electrons. The van der Waals surface area contributed by atoms with Gasteiger partial charge in [-0.15, -0.1) is 11.8 Å². The molecule has 0 radical (unpaired) electrons. The highest BCUT2D eigenvalue weighted by atomic mass is 32.2. The number of methoxy groups -OCH3 is 1. The summed E-state index contributed by atoms with van der Waals surface area (Å²) in [5.74, 6) is 1.09. The number of hydrogen-bond donors (Lipinski definition) is 0. The van der Waals surface area contributed by atoms with Crippen LogP contribution in [0.2, 0.25) is 0 Å². The second kappa shape index (κ2) is 7.47. The third-order valence-corrected chi connectivity index (χ3v) is 3.68. The van der Waals surface area contributed by atoms with Gasteiger partial charge >= 0.3 is 0 Å². The van der Waals surface area contributed by atoms with Gasteiger partial charge in [0, 0.05) is 18.4 Å². The van der Waals surface area contributed by atoms with E-state index >= 15 is 0 Å². The predicted octanol–water partition coefficient (Wildman–Crippen LogP) is 3.03. The number of ketones is 1. The summed E-state index contributed by atoms with van der Waals surface area (Å²) in [4.78, 5) is 12.1. The lowest BCUT2D eigenvalue weighted by atomic mass is 10.1. The highest BCUT2D eigenvalue weighted by Crippen LogP contribution is 2.19. The summed E-state index contributed by atoms with van der Waals surface area (Å²) < 4.78 is 4.99. The molecule has 0 aliphatic carbocycles. The van der Waals surface area contributed by atoms with E-state index in [0.717, 1.165) is 17.7 Å². The SMILES string of the molecule is CCC(SCCOC)C(=O)c1ccccc1. The van der Waals surface area contributed by atoms with Crippen LogP contribution in [0.15, 0.2) is 30.3 Å². The first-order valence-electron chi connectivity index (χ1n) is 5.49. The van der Waals surface area contributed by atoms with Crippen molar-refractivity contribution in [1.29, 1.82) is 0 Å². The zero-order chi connectivity index (χ0) is 11.8. The number of benzene rings is 1. The molecule has 1 atom stereocenters. The summed E-state index contributed by atoms with van der Waals surface area (Å²) in [7, 11) is 1.68. The van der Waals surface area contributed by atoms with Gasteiger partial charge in [0.25, 0.3) is 0 Å². The maximum absolute atomic E-state index is 12.1. The van der Waals surface area contributed by atoms with Gasteiger partial charge in [-0.05, 0) is 6.42 Å². The van der Waals surface area contributed by atoms with Crippen LogP contribution in [0.5, 0.6) is 0 Å². The van der Waals surface area contributed by atoms with Crippen molar-refractivity contribution in [1.82, 2.24) is 0 Å². The molecule has 3 heteroatoms. The van der Waals surface area contributed by atoms with Crippen molar-refractivity contribution in [2.24, 2.45) is 0 Å². The predicted molar refractivity (Wildman–Crippen MR) is 69.2 cm³/mol. The van der Waals surface area contributed by atoms with E-state index in [2.05, 4.69) is 0 Å². The van der Waals surface area contributed by atoms with Crippen molar-refractivity contribution in [2.75, 3.05) is 19.5 Å². The molecule has 0 saturated heterocycles. The minimum absolute atomic E-state index is 0.0533. The van der Waals surface area contributed by atoms with Crippen molar-refractivity contribution in [3.8, 4) is 0 Å². The molecule has 0 heterocycles. The quantitative estimate of drug-likeness (QED) is 0.539. The number of Topliss-reactive ketones (excluding diaryl/α,β-unsaturated/α-hetero) is 1. The van der Waals surface area contributed by atoms with E-state index in [1.54, 1.807) is 18.9 Å². The van der Waals surface area contributed by atoms with Crippen molar-refractivity contribution in [3.05, 3.63) is 35.9 Å². The standard InChI is InChI=1S/C13H18O2S/c1-3-12(16-10-9-15-2)13(14)11-7-5-4-6-8-11/h4-8,12H,3,9-10H2,1-2H3. The van der Waals surface area contributed by atoms with E-state index in [0.29, 0.717) is 6.61 Å². The van der Waals surface area contributed by atoms with E-state index in [9.17, 15) is 4.79 Å². The maximum Gasteiger partial charge on any atom is 0.175 e. The molecular formula is C13H18O2S. The van der Waals surface area contributed by atoms with Gasteiger partial charge in [0.05, 0.1) is 11.9 Å². The van der Waals surface area contributed by atoms with E-state index in [-0.39, 0.29) is 11.0 Å². The average molecular weight is 238 g/mol. The van der Waals surface area contributed by atoms with Crippen LogP contribution in [0.4, 0.5) is 0 Å². The van der Waals surface area contributed by atoms with Crippen LogP contribution in [-0.4, -0.2) is 30.5 Å². The Hall–Kier alpha value is -0.800. The number of thioether (sulfide) groups is 1. The van der Waals surface area contributed by atoms with Gasteiger partial charge in [-0.3, -0.25) is 4.79 Å². The van der Waals surface area contributed by atoms with Gasteiger partial charge < -0.3 is 4.74 Å². The molecule has 0 aliphatic rings. The summed E-state index contributed by atoms with van der Waals surface area (Å²) in [5.41, 5.74) is 0.805. The fourth-order valence-corrected chi connectivity index (χ4v) is 2.51. The fourth-order valence-electron chi connectivity index (χ4n) is 1.44. The van der Waals surface area contributed by atoms with E-state index in [4.69, 9.17) is 4.74 Å². The fraction of sp³-hybridized carbons (Fsp3) is 0.462. The molecule has 1 unspecified atom stereocenters. The van der Waals surface area contributed by atoms with Gasteiger partial charge in [-0.1, -0.05) is 37.3 Å². The normalized spacial score (nSPS) is 12.4. The molecule has 0 N–H and O–H groups in total. The Bertz CT molecular complexity index is 311. The zero-order valence-corrected chi connectivity index (χ0v) is 10.6. The third kappa shape index (κ3) is 3.99. The molecule has 0 amide bonds. The molecule has 2 nitrogen and oxygen atoms in total. The summed E-state index contributed by atoms with van der Waals surface area (Å²) in [5, 5.41) is 0.0533. The first-order chi connectivity index (χ1) is 7.79. The molecule has 0 spiro atoms. The average Bonchev–Trinajstić information content (AvgIpc) is 2.35. The second-order valence-corrected chi connectivity index (χ2v) is 4.80. The Morgan fingerprint density at radius 2 is 2.06 bits per heavy atom. The van der Waals surface area contributed by atoms with E-state index in [1.165, 1.54) is 0 Å². The lowest BCUT2D eigenvalue weighted by Crippen LogP contribution is -2.17. The van der Waals surface area contributed by atoms with Crippen molar-refractivity contribution >= 4 is 17.5 Å². The molecule has 0 aromatic heterocycles. The minimum Gasteiger partial charge on any atom is -0.384 e. The third-order valence-electron chi connectivity index (χ3n) is 2.33. The molecule has 1 rings (SSSR count). The van der Waals surface area contributed by atoms with Gasteiger partial charge in [0.2, 0.25) is 0 Å². The Kier molecular flexibility index (Phi) is 6.19. The van der Waals surface area contributed by atoms with Crippen LogP contribution >= 0.6 is 11.8 Å². The highest BCUT2D eigenvalue weighted by Gasteiger charge is 2.17. The first-order valence-corrected chi connectivity index (χ1v) is 6.54. The molecule has 0 bridgehead atoms.